The first-order chi connectivity index (χ1) is 6.75. The van der Waals surface area contributed by atoms with Gasteiger partial charge in [-0.3, -0.25) is 0 Å². The Balaban J connectivity index is 0.00000112. The molecule has 1 aliphatic heterocycles. The predicted molar refractivity (Wildman–Crippen MR) is 70.6 cm³/mol. The van der Waals surface area contributed by atoms with Gasteiger partial charge in [0.2, 0.25) is 0 Å². The second-order valence-corrected chi connectivity index (χ2v) is 4.33. The van der Waals surface area contributed by atoms with Crippen LogP contribution in [0.25, 0.3) is 0 Å². The van der Waals surface area contributed by atoms with E-state index in [9.17, 15) is 0 Å². The van der Waals surface area contributed by atoms with E-state index < -0.39 is 0 Å². The molecule has 2 rings (SSSR count). The number of anilines is 1. The number of benzene rings is 1. The molecule has 0 radical (unpaired) electrons. The van der Waals surface area contributed by atoms with Crippen molar-refractivity contribution in [2.45, 2.75) is 4.90 Å². The number of thiol groups is 1. The molecule has 0 aromatic heterocycles. The van der Waals surface area contributed by atoms with Crippen molar-refractivity contribution in [1.82, 2.24) is 4.90 Å². The Morgan fingerprint density at radius 3 is 2.40 bits per heavy atom. The minimum atomic E-state index is 0. The molecule has 1 heterocycles. The van der Waals surface area contributed by atoms with E-state index in [4.69, 9.17) is 0 Å². The summed E-state index contributed by atoms with van der Waals surface area (Å²) in [6.07, 6.45) is 0. The minimum absolute atomic E-state index is 0. The van der Waals surface area contributed by atoms with Crippen molar-refractivity contribution < 1.29 is 0 Å². The van der Waals surface area contributed by atoms with Gasteiger partial charge < -0.3 is 9.80 Å². The summed E-state index contributed by atoms with van der Waals surface area (Å²) in [7, 11) is 2.17. The summed E-state index contributed by atoms with van der Waals surface area (Å²) in [5.74, 6) is 0. The molecule has 0 N–H and O–H groups in total. The van der Waals surface area contributed by atoms with E-state index in [0.29, 0.717) is 0 Å². The normalized spacial score (nSPS) is 17.3. The van der Waals surface area contributed by atoms with Crippen LogP contribution in [0, 0.1) is 0 Å². The van der Waals surface area contributed by atoms with Crippen LogP contribution in [0.4, 0.5) is 5.69 Å². The Hall–Kier alpha value is 0.330. The molecule has 0 amide bonds. The van der Waals surface area contributed by atoms with E-state index in [0.717, 1.165) is 31.1 Å². The van der Waals surface area contributed by atoms with Crippen LogP contribution in [-0.2, 0) is 0 Å². The molecule has 0 aliphatic carbocycles. The number of likely N-dealkylation sites (N-methyl/N-ethyl adjacent to an activating group) is 1. The van der Waals surface area contributed by atoms with E-state index in [1.807, 2.05) is 6.07 Å². The fraction of sp³-hybridized carbons (Fsp3) is 0.455. The van der Waals surface area contributed by atoms with Crippen molar-refractivity contribution in [3.05, 3.63) is 24.3 Å². The van der Waals surface area contributed by atoms with Crippen LogP contribution < -0.4 is 4.90 Å². The molecule has 0 atom stereocenters. The number of hydrogen-bond donors (Lipinski definition) is 1. The Kier molecular flexibility index (Phi) is 5.50. The molecule has 0 bridgehead atoms. The summed E-state index contributed by atoms with van der Waals surface area (Å²) in [5, 5.41) is 0. The van der Waals surface area contributed by atoms with Crippen LogP contribution in [0.15, 0.2) is 29.2 Å². The maximum absolute atomic E-state index is 4.35. The average molecular weight is 232 g/mol. The van der Waals surface area contributed by atoms with Crippen LogP contribution in [0.5, 0.6) is 0 Å². The predicted octanol–water partition coefficient (Wildman–Crippen LogP) is 1.08. The zero-order valence-corrected chi connectivity index (χ0v) is 9.37. The molecular weight excluding hydrogens is 215 g/mol. The van der Waals surface area contributed by atoms with Gasteiger partial charge in [0.25, 0.3) is 0 Å². The van der Waals surface area contributed by atoms with Gasteiger partial charge in [-0.1, -0.05) is 6.07 Å². The van der Waals surface area contributed by atoms with Crippen molar-refractivity contribution in [3.63, 3.8) is 0 Å². The fourth-order valence-electron chi connectivity index (χ4n) is 1.75. The quantitative estimate of drug-likeness (QED) is 0.572. The van der Waals surface area contributed by atoms with Crippen molar-refractivity contribution in [2.75, 3.05) is 38.1 Å². The molecule has 1 saturated heterocycles. The molecule has 0 saturated carbocycles. The second kappa shape index (κ2) is 6.16. The Bertz CT molecular complexity index is 311. The summed E-state index contributed by atoms with van der Waals surface area (Å²) >= 11 is 4.35. The Morgan fingerprint density at radius 2 is 1.80 bits per heavy atom. The summed E-state index contributed by atoms with van der Waals surface area (Å²) in [6.45, 7) is 4.54. The van der Waals surface area contributed by atoms with Gasteiger partial charge in [-0.2, -0.15) is 0 Å². The Labute approximate surface area is 119 Å². The number of nitrogens with zero attached hydrogens (tertiary/aromatic N) is 2. The average Bonchev–Trinajstić information content (AvgIpc) is 2.19. The van der Waals surface area contributed by atoms with Gasteiger partial charge in [-0.25, -0.2) is 0 Å². The molecule has 1 aromatic rings. The molecule has 2 nitrogen and oxygen atoms in total. The number of hydrogen-bond acceptors (Lipinski definition) is 3. The molecule has 15 heavy (non-hydrogen) atoms. The molecular formula is C11H17N2NaS. The van der Waals surface area contributed by atoms with Crippen LogP contribution in [0.3, 0.4) is 0 Å². The van der Waals surface area contributed by atoms with Crippen molar-refractivity contribution >= 4 is 47.9 Å². The summed E-state index contributed by atoms with van der Waals surface area (Å²) in [5.41, 5.74) is 1.30. The number of rotatable bonds is 1. The molecule has 0 unspecified atom stereocenters. The zero-order valence-electron chi connectivity index (χ0n) is 8.48. The van der Waals surface area contributed by atoms with Crippen molar-refractivity contribution in [3.8, 4) is 0 Å². The first kappa shape index (κ1) is 13.4. The third kappa shape index (κ3) is 3.68. The van der Waals surface area contributed by atoms with E-state index in [2.05, 4.69) is 47.7 Å². The van der Waals surface area contributed by atoms with Crippen molar-refractivity contribution in [2.24, 2.45) is 0 Å². The first-order valence-corrected chi connectivity index (χ1v) is 5.43. The molecule has 4 heteroatoms. The molecule has 1 aliphatic rings. The Morgan fingerprint density at radius 1 is 1.13 bits per heavy atom. The SMILES string of the molecule is CN1CCN(c2cccc(S)c2)CC1.[NaH]. The molecule has 78 valence electrons. The third-order valence-electron chi connectivity index (χ3n) is 2.70. The summed E-state index contributed by atoms with van der Waals surface area (Å²) in [4.78, 5) is 5.82. The van der Waals surface area contributed by atoms with Gasteiger partial charge in [0.15, 0.2) is 0 Å². The van der Waals surface area contributed by atoms with E-state index >= 15 is 0 Å². The van der Waals surface area contributed by atoms with Crippen LogP contribution in [-0.4, -0.2) is 67.7 Å². The maximum atomic E-state index is 4.35. The van der Waals surface area contributed by atoms with Crippen LogP contribution >= 0.6 is 12.6 Å². The molecule has 1 fully saturated rings. The van der Waals surface area contributed by atoms with Gasteiger partial charge in [-0.05, 0) is 25.2 Å². The topological polar surface area (TPSA) is 6.48 Å². The summed E-state index contributed by atoms with van der Waals surface area (Å²) < 4.78 is 0. The first-order valence-electron chi connectivity index (χ1n) is 4.98. The zero-order chi connectivity index (χ0) is 9.97. The standard InChI is InChI=1S/C11H16N2S.Na.H/c1-12-5-7-13(8-6-12)10-3-2-4-11(14)9-10;;/h2-4,9,14H,5-8H2,1H3;;. The van der Waals surface area contributed by atoms with Crippen molar-refractivity contribution in [1.29, 1.82) is 0 Å². The monoisotopic (exact) mass is 232 g/mol. The summed E-state index contributed by atoms with van der Waals surface area (Å²) in [6, 6.07) is 8.37. The van der Waals surface area contributed by atoms with Gasteiger partial charge in [0, 0.05) is 36.8 Å². The van der Waals surface area contributed by atoms with Crippen LogP contribution in [0.1, 0.15) is 0 Å². The number of piperazine rings is 1. The van der Waals surface area contributed by atoms with E-state index in [1.54, 1.807) is 0 Å². The van der Waals surface area contributed by atoms with Gasteiger partial charge in [0.05, 0.1) is 0 Å². The van der Waals surface area contributed by atoms with E-state index in [-0.39, 0.29) is 29.6 Å². The van der Waals surface area contributed by atoms with Gasteiger partial charge >= 0.3 is 29.6 Å². The fourth-order valence-corrected chi connectivity index (χ4v) is 1.97. The molecule has 1 aromatic carbocycles. The van der Waals surface area contributed by atoms with E-state index in [1.165, 1.54) is 5.69 Å². The van der Waals surface area contributed by atoms with Crippen LogP contribution in [0.2, 0.25) is 0 Å². The third-order valence-corrected chi connectivity index (χ3v) is 2.98. The molecule has 0 spiro atoms. The van der Waals surface area contributed by atoms with Gasteiger partial charge in [-0.15, -0.1) is 12.6 Å². The second-order valence-electron chi connectivity index (χ2n) is 3.81. The van der Waals surface area contributed by atoms with Gasteiger partial charge in [0.1, 0.15) is 0 Å².